The van der Waals surface area contributed by atoms with Gasteiger partial charge >= 0.3 is 0 Å². The molecule has 2 unspecified atom stereocenters. The number of rotatable bonds is 4. The van der Waals surface area contributed by atoms with Gasteiger partial charge in [-0.3, -0.25) is 9.80 Å². The minimum atomic E-state index is 0. The summed E-state index contributed by atoms with van der Waals surface area (Å²) in [6, 6.07) is 0. The average molecular weight is 197 g/mol. The molecule has 0 aliphatic heterocycles. The number of ether oxygens (including phenoxy) is 1. The molecule has 0 aliphatic carbocycles. The minimum Gasteiger partial charge on any atom is -0.345 e. The molecular formula is C8H21ClN2O. The van der Waals surface area contributed by atoms with Gasteiger partial charge in [-0.25, -0.2) is 0 Å². The Morgan fingerprint density at radius 1 is 0.833 bits per heavy atom. The van der Waals surface area contributed by atoms with Crippen molar-refractivity contribution in [1.29, 1.82) is 0 Å². The van der Waals surface area contributed by atoms with Gasteiger partial charge in [-0.15, -0.1) is 12.4 Å². The van der Waals surface area contributed by atoms with Crippen LogP contribution < -0.4 is 0 Å². The lowest BCUT2D eigenvalue weighted by Gasteiger charge is -2.27. The second-order valence-corrected chi connectivity index (χ2v) is 3.26. The van der Waals surface area contributed by atoms with E-state index in [2.05, 4.69) is 0 Å². The van der Waals surface area contributed by atoms with Gasteiger partial charge in [0, 0.05) is 0 Å². The smallest absolute Gasteiger partial charge is 0.109 e. The van der Waals surface area contributed by atoms with E-state index in [9.17, 15) is 0 Å². The van der Waals surface area contributed by atoms with Crippen molar-refractivity contribution in [1.82, 2.24) is 9.80 Å². The van der Waals surface area contributed by atoms with Crippen LogP contribution in [0.4, 0.5) is 0 Å². The van der Waals surface area contributed by atoms with E-state index in [1.807, 2.05) is 51.8 Å². The summed E-state index contributed by atoms with van der Waals surface area (Å²) in [6.45, 7) is 4.08. The molecule has 0 bridgehead atoms. The molecule has 12 heavy (non-hydrogen) atoms. The molecule has 3 nitrogen and oxygen atoms in total. The van der Waals surface area contributed by atoms with E-state index in [0.29, 0.717) is 0 Å². The molecule has 76 valence electrons. The summed E-state index contributed by atoms with van der Waals surface area (Å²) in [7, 11) is 8.03. The molecule has 2 atom stereocenters. The van der Waals surface area contributed by atoms with E-state index in [0.717, 1.165) is 0 Å². The molecule has 0 fully saturated rings. The molecule has 0 N–H and O–H groups in total. The Kier molecular flexibility index (Phi) is 8.15. The van der Waals surface area contributed by atoms with Gasteiger partial charge in [0.15, 0.2) is 0 Å². The van der Waals surface area contributed by atoms with Gasteiger partial charge in [0.05, 0.1) is 0 Å². The van der Waals surface area contributed by atoms with E-state index in [1.54, 1.807) is 0 Å². The standard InChI is InChI=1S/C8H20N2O.ClH/c1-7(9(3)4)11-8(2)10(5)6;/h7-8H,1-6H3;1H. The monoisotopic (exact) mass is 196 g/mol. The zero-order chi connectivity index (χ0) is 9.02. The molecule has 4 heteroatoms. The lowest BCUT2D eigenvalue weighted by Crippen LogP contribution is -2.36. The van der Waals surface area contributed by atoms with Crippen LogP contribution in [0, 0.1) is 0 Å². The number of hydrogen-bond donors (Lipinski definition) is 0. The molecule has 0 aliphatic rings. The SMILES string of the molecule is CC(OC(C)N(C)C)N(C)C.Cl. The molecular weight excluding hydrogens is 176 g/mol. The van der Waals surface area contributed by atoms with Crippen LogP contribution in [0.5, 0.6) is 0 Å². The Labute approximate surface area is 82.1 Å². The number of hydrogen-bond acceptors (Lipinski definition) is 3. The van der Waals surface area contributed by atoms with E-state index < -0.39 is 0 Å². The van der Waals surface area contributed by atoms with Crippen LogP contribution in [0.25, 0.3) is 0 Å². The maximum atomic E-state index is 5.62. The topological polar surface area (TPSA) is 15.7 Å². The van der Waals surface area contributed by atoms with Crippen LogP contribution >= 0.6 is 12.4 Å². The van der Waals surface area contributed by atoms with Crippen molar-refractivity contribution in [2.45, 2.75) is 26.3 Å². The van der Waals surface area contributed by atoms with Crippen LogP contribution in [-0.2, 0) is 4.74 Å². The Bertz CT molecular complexity index is 97.2. The fraction of sp³-hybridized carbons (Fsp3) is 1.00. The summed E-state index contributed by atoms with van der Waals surface area (Å²) < 4.78 is 5.62. The fourth-order valence-electron chi connectivity index (χ4n) is 0.528. The second-order valence-electron chi connectivity index (χ2n) is 3.26. The quantitative estimate of drug-likeness (QED) is 0.630. The molecule has 0 amide bonds. The first-order chi connectivity index (χ1) is 4.95. The molecule has 0 aromatic carbocycles. The van der Waals surface area contributed by atoms with E-state index >= 15 is 0 Å². The summed E-state index contributed by atoms with van der Waals surface area (Å²) in [6.07, 6.45) is 0.347. The van der Waals surface area contributed by atoms with Crippen molar-refractivity contribution >= 4 is 12.4 Å². The molecule has 0 spiro atoms. The Hall–Kier alpha value is 0.170. The maximum Gasteiger partial charge on any atom is 0.109 e. The van der Waals surface area contributed by atoms with Gasteiger partial charge in [0.2, 0.25) is 0 Å². The molecule has 0 heterocycles. The van der Waals surface area contributed by atoms with Crippen LogP contribution in [-0.4, -0.2) is 50.4 Å². The first kappa shape index (κ1) is 14.7. The van der Waals surface area contributed by atoms with Gasteiger partial charge in [-0.05, 0) is 42.0 Å². The molecule has 0 rings (SSSR count). The Morgan fingerprint density at radius 3 is 1.25 bits per heavy atom. The predicted octanol–water partition coefficient (Wildman–Crippen LogP) is 1.24. The van der Waals surface area contributed by atoms with Crippen molar-refractivity contribution in [3.8, 4) is 0 Å². The molecule has 0 saturated carbocycles. The number of nitrogens with zero attached hydrogens (tertiary/aromatic N) is 2. The third-order valence-electron chi connectivity index (χ3n) is 1.85. The lowest BCUT2D eigenvalue weighted by molar-refractivity contribution is -0.113. The molecule has 0 aromatic rings. The summed E-state index contributed by atoms with van der Waals surface area (Å²) in [5, 5.41) is 0. The van der Waals surface area contributed by atoms with Crippen LogP contribution in [0.2, 0.25) is 0 Å². The minimum absolute atomic E-state index is 0. The van der Waals surface area contributed by atoms with Crippen molar-refractivity contribution in [2.24, 2.45) is 0 Å². The fourth-order valence-corrected chi connectivity index (χ4v) is 0.528. The van der Waals surface area contributed by atoms with E-state index in [1.165, 1.54) is 0 Å². The summed E-state index contributed by atoms with van der Waals surface area (Å²) in [5.41, 5.74) is 0. The maximum absolute atomic E-state index is 5.62. The van der Waals surface area contributed by atoms with Gasteiger partial charge in [0.1, 0.15) is 12.5 Å². The van der Waals surface area contributed by atoms with Crippen LogP contribution in [0.3, 0.4) is 0 Å². The summed E-state index contributed by atoms with van der Waals surface area (Å²) >= 11 is 0. The van der Waals surface area contributed by atoms with Gasteiger partial charge in [-0.2, -0.15) is 0 Å². The zero-order valence-corrected chi connectivity index (χ0v) is 9.68. The predicted molar refractivity (Wildman–Crippen MR) is 54.6 cm³/mol. The van der Waals surface area contributed by atoms with Gasteiger partial charge < -0.3 is 4.74 Å². The largest absolute Gasteiger partial charge is 0.345 e. The zero-order valence-electron chi connectivity index (χ0n) is 8.87. The van der Waals surface area contributed by atoms with Crippen molar-refractivity contribution in [3.63, 3.8) is 0 Å². The molecule has 0 aromatic heterocycles. The Morgan fingerprint density at radius 2 is 1.08 bits per heavy atom. The highest BCUT2D eigenvalue weighted by atomic mass is 35.5. The average Bonchev–Trinajstić information content (AvgIpc) is 1.87. The van der Waals surface area contributed by atoms with Crippen LogP contribution in [0.1, 0.15) is 13.8 Å². The lowest BCUT2D eigenvalue weighted by atomic mass is 10.5. The van der Waals surface area contributed by atoms with Crippen molar-refractivity contribution in [3.05, 3.63) is 0 Å². The van der Waals surface area contributed by atoms with Crippen molar-refractivity contribution < 1.29 is 4.74 Å². The second kappa shape index (κ2) is 6.66. The van der Waals surface area contributed by atoms with E-state index in [4.69, 9.17) is 4.74 Å². The van der Waals surface area contributed by atoms with Crippen molar-refractivity contribution in [2.75, 3.05) is 28.2 Å². The van der Waals surface area contributed by atoms with Crippen LogP contribution in [0.15, 0.2) is 0 Å². The summed E-state index contributed by atoms with van der Waals surface area (Å²) in [5.74, 6) is 0. The molecule has 0 saturated heterocycles. The number of halogens is 1. The third kappa shape index (κ3) is 5.77. The molecule has 0 radical (unpaired) electrons. The normalized spacial score (nSPS) is 16.0. The highest BCUT2D eigenvalue weighted by Crippen LogP contribution is 2.01. The highest BCUT2D eigenvalue weighted by molar-refractivity contribution is 5.85. The first-order valence-electron chi connectivity index (χ1n) is 3.93. The Balaban J connectivity index is 0. The van der Waals surface area contributed by atoms with E-state index in [-0.39, 0.29) is 24.9 Å². The first-order valence-corrected chi connectivity index (χ1v) is 3.93. The third-order valence-corrected chi connectivity index (χ3v) is 1.85. The van der Waals surface area contributed by atoms with Gasteiger partial charge in [0.25, 0.3) is 0 Å². The summed E-state index contributed by atoms with van der Waals surface area (Å²) in [4.78, 5) is 4.08. The van der Waals surface area contributed by atoms with Gasteiger partial charge in [-0.1, -0.05) is 0 Å². The highest BCUT2D eigenvalue weighted by Gasteiger charge is 2.10.